The van der Waals surface area contributed by atoms with Gasteiger partial charge in [0, 0.05) is 37.7 Å². The third-order valence-corrected chi connectivity index (χ3v) is 3.67. The van der Waals surface area contributed by atoms with Crippen LogP contribution in [0.3, 0.4) is 0 Å². The van der Waals surface area contributed by atoms with Crippen molar-refractivity contribution in [3.8, 4) is 0 Å². The van der Waals surface area contributed by atoms with Crippen LogP contribution in [-0.2, 0) is 17.7 Å². The van der Waals surface area contributed by atoms with E-state index >= 15 is 0 Å². The average molecular weight is 267 g/mol. The van der Waals surface area contributed by atoms with E-state index in [9.17, 15) is 0 Å². The predicted molar refractivity (Wildman–Crippen MR) is 76.3 cm³/mol. The number of benzene rings is 1. The van der Waals surface area contributed by atoms with Crippen LogP contribution in [0.2, 0.25) is 0 Å². The van der Waals surface area contributed by atoms with Crippen molar-refractivity contribution in [2.24, 2.45) is 0 Å². The van der Waals surface area contributed by atoms with Gasteiger partial charge in [0.05, 0.1) is 5.52 Å². The lowest BCUT2D eigenvalue weighted by atomic mass is 10.1. The van der Waals surface area contributed by atoms with Crippen LogP contribution in [0.25, 0.3) is 10.9 Å². The summed E-state index contributed by atoms with van der Waals surface area (Å²) in [6, 6.07) is 8.60. The zero-order valence-corrected chi connectivity index (χ0v) is 11.6. The lowest BCUT2D eigenvalue weighted by Gasteiger charge is -2.20. The van der Waals surface area contributed by atoms with Gasteiger partial charge >= 0.3 is 0 Å². The van der Waals surface area contributed by atoms with E-state index in [2.05, 4.69) is 41.1 Å². The third-order valence-electron chi connectivity index (χ3n) is 3.67. The molecule has 3 rings (SSSR count). The van der Waals surface area contributed by atoms with Gasteiger partial charge in [-0.3, -0.25) is 0 Å². The van der Waals surface area contributed by atoms with Gasteiger partial charge in [-0.05, 0) is 18.6 Å². The zero-order chi connectivity index (χ0) is 11.8. The van der Waals surface area contributed by atoms with Gasteiger partial charge in [-0.15, -0.1) is 12.4 Å². The van der Waals surface area contributed by atoms with Crippen LogP contribution in [0.4, 0.5) is 0 Å². The van der Waals surface area contributed by atoms with Crippen molar-refractivity contribution in [2.75, 3.05) is 13.7 Å². The van der Waals surface area contributed by atoms with Crippen LogP contribution in [-0.4, -0.2) is 18.2 Å². The van der Waals surface area contributed by atoms with Crippen LogP contribution in [0.5, 0.6) is 0 Å². The second kappa shape index (κ2) is 5.31. The Balaban J connectivity index is 0.00000120. The Labute approximate surface area is 114 Å². The monoisotopic (exact) mass is 266 g/mol. The minimum Gasteiger partial charge on any atom is -0.362 e. The maximum absolute atomic E-state index is 5.51. The molecule has 0 radical (unpaired) electrons. The summed E-state index contributed by atoms with van der Waals surface area (Å²) in [7, 11) is 1.77. The molecule has 1 atom stereocenters. The highest BCUT2D eigenvalue weighted by Gasteiger charge is 2.21. The molecule has 1 aliphatic rings. The minimum atomic E-state index is 0. The molecule has 0 saturated carbocycles. The first-order chi connectivity index (χ1) is 8.33. The Morgan fingerprint density at radius 2 is 2.11 bits per heavy atom. The van der Waals surface area contributed by atoms with Crippen molar-refractivity contribution in [1.29, 1.82) is 0 Å². The summed E-state index contributed by atoms with van der Waals surface area (Å²) in [5.74, 6) is 0. The quantitative estimate of drug-likeness (QED) is 0.905. The molecule has 1 aliphatic heterocycles. The molecule has 2 heterocycles. The molecule has 0 bridgehead atoms. The van der Waals surface area contributed by atoms with Crippen LogP contribution in [0.1, 0.15) is 24.4 Å². The Morgan fingerprint density at radius 3 is 2.89 bits per heavy atom. The Kier molecular flexibility index (Phi) is 3.95. The van der Waals surface area contributed by atoms with E-state index < -0.39 is 0 Å². The number of hydrogen-bond donors (Lipinski definition) is 1. The van der Waals surface area contributed by atoms with Gasteiger partial charge in [0.15, 0.2) is 0 Å². The maximum Gasteiger partial charge on any atom is 0.131 e. The first kappa shape index (κ1) is 13.4. The average Bonchev–Trinajstić information content (AvgIpc) is 2.72. The number of nitrogens with one attached hydrogen (secondary N) is 1. The van der Waals surface area contributed by atoms with Crippen molar-refractivity contribution in [2.45, 2.75) is 26.1 Å². The van der Waals surface area contributed by atoms with Gasteiger partial charge in [-0.25, -0.2) is 0 Å². The molecule has 0 aliphatic carbocycles. The fraction of sp³-hybridized carbons (Fsp3) is 0.429. The molecule has 98 valence electrons. The summed E-state index contributed by atoms with van der Waals surface area (Å²) < 4.78 is 7.85. The number of rotatable bonds is 2. The van der Waals surface area contributed by atoms with E-state index in [1.54, 1.807) is 7.11 Å². The lowest BCUT2D eigenvalue weighted by Crippen LogP contribution is -2.25. The summed E-state index contributed by atoms with van der Waals surface area (Å²) >= 11 is 0. The normalized spacial score (nSPS) is 16.1. The summed E-state index contributed by atoms with van der Waals surface area (Å²) in [4.78, 5) is 0. The van der Waals surface area contributed by atoms with Gasteiger partial charge in [-0.2, -0.15) is 0 Å². The number of nitrogens with zero attached hydrogens (tertiary/aromatic N) is 1. The smallest absolute Gasteiger partial charge is 0.131 e. The minimum absolute atomic E-state index is 0. The molecule has 1 unspecified atom stereocenters. The molecule has 0 fully saturated rings. The molecule has 0 spiro atoms. The summed E-state index contributed by atoms with van der Waals surface area (Å²) in [5.41, 5.74) is 4.16. The zero-order valence-electron chi connectivity index (χ0n) is 10.8. The number of hydrogen-bond acceptors (Lipinski definition) is 2. The summed E-state index contributed by atoms with van der Waals surface area (Å²) in [6.45, 7) is 4.13. The van der Waals surface area contributed by atoms with E-state index in [1.807, 2.05) is 0 Å². The fourth-order valence-electron chi connectivity index (χ4n) is 2.79. The van der Waals surface area contributed by atoms with Crippen LogP contribution < -0.4 is 5.32 Å². The summed E-state index contributed by atoms with van der Waals surface area (Å²) in [5, 5.41) is 4.81. The number of aromatic nitrogens is 1. The van der Waals surface area contributed by atoms with Gasteiger partial charge < -0.3 is 14.6 Å². The highest BCUT2D eigenvalue weighted by molar-refractivity contribution is 5.86. The molecule has 18 heavy (non-hydrogen) atoms. The Hall–Kier alpha value is -1.03. The molecule has 3 nitrogen and oxygen atoms in total. The number of para-hydroxylation sites is 1. The van der Waals surface area contributed by atoms with Crippen LogP contribution in [0.15, 0.2) is 24.3 Å². The second-order valence-corrected chi connectivity index (χ2v) is 4.57. The number of halogens is 1. The predicted octanol–water partition coefficient (Wildman–Crippen LogP) is 2.87. The van der Waals surface area contributed by atoms with E-state index in [1.165, 1.54) is 22.2 Å². The first-order valence-electron chi connectivity index (χ1n) is 6.17. The van der Waals surface area contributed by atoms with E-state index in [0.29, 0.717) is 0 Å². The topological polar surface area (TPSA) is 26.2 Å². The van der Waals surface area contributed by atoms with Crippen LogP contribution in [0, 0.1) is 0 Å². The lowest BCUT2D eigenvalue weighted by molar-refractivity contribution is 0.0617. The van der Waals surface area contributed by atoms with E-state index in [0.717, 1.165) is 19.5 Å². The Bertz CT molecular complexity index is 550. The Morgan fingerprint density at radius 1 is 1.33 bits per heavy atom. The van der Waals surface area contributed by atoms with Crippen molar-refractivity contribution in [3.05, 3.63) is 35.5 Å². The van der Waals surface area contributed by atoms with E-state index in [-0.39, 0.29) is 18.6 Å². The molecule has 1 aromatic carbocycles. The first-order valence-corrected chi connectivity index (χ1v) is 6.17. The number of ether oxygens (including phenoxy) is 1. The number of methoxy groups -OCH3 is 1. The molecule has 2 aromatic rings. The van der Waals surface area contributed by atoms with Crippen molar-refractivity contribution < 1.29 is 4.74 Å². The highest BCUT2D eigenvalue weighted by atomic mass is 35.5. The van der Waals surface area contributed by atoms with Gasteiger partial charge in [-0.1, -0.05) is 18.2 Å². The van der Waals surface area contributed by atoms with Crippen molar-refractivity contribution in [3.63, 3.8) is 0 Å². The van der Waals surface area contributed by atoms with Gasteiger partial charge in [0.1, 0.15) is 6.23 Å². The largest absolute Gasteiger partial charge is 0.362 e. The molecular weight excluding hydrogens is 248 g/mol. The maximum atomic E-state index is 5.51. The van der Waals surface area contributed by atoms with Crippen molar-refractivity contribution in [1.82, 2.24) is 9.88 Å². The molecule has 0 saturated heterocycles. The van der Waals surface area contributed by atoms with E-state index in [4.69, 9.17) is 4.74 Å². The molecular formula is C14H19ClN2O. The van der Waals surface area contributed by atoms with Gasteiger partial charge in [0.2, 0.25) is 0 Å². The third kappa shape index (κ3) is 1.92. The molecule has 4 heteroatoms. The standard InChI is InChI=1S/C14H18N2O.ClH/c1-10(17-2)16-13-6-4-3-5-11(13)12-9-15-8-7-14(12)16;/h3-6,10,15H,7-9H2,1-2H3;1H. The molecule has 1 aromatic heterocycles. The molecule has 0 amide bonds. The van der Waals surface area contributed by atoms with Gasteiger partial charge in [0.25, 0.3) is 0 Å². The van der Waals surface area contributed by atoms with Crippen molar-refractivity contribution >= 4 is 23.3 Å². The second-order valence-electron chi connectivity index (χ2n) is 4.57. The number of fused-ring (bicyclic) bond motifs is 3. The highest BCUT2D eigenvalue weighted by Crippen LogP contribution is 2.31. The van der Waals surface area contributed by atoms with Crippen LogP contribution >= 0.6 is 12.4 Å². The SMILES string of the molecule is COC(C)n1c2c(c3ccccc31)CNCC2.Cl. The molecule has 1 N–H and O–H groups in total. The summed E-state index contributed by atoms with van der Waals surface area (Å²) in [6.07, 6.45) is 1.18. The fourth-order valence-corrected chi connectivity index (χ4v) is 2.79.